The predicted octanol–water partition coefficient (Wildman–Crippen LogP) is 1.64. The summed E-state index contributed by atoms with van der Waals surface area (Å²) < 4.78 is 49.6. The summed E-state index contributed by atoms with van der Waals surface area (Å²) in [7, 11) is -8.04. The Hall–Kier alpha value is -1.70. The zero-order valence-corrected chi connectivity index (χ0v) is 12.1. The van der Waals surface area contributed by atoms with Gasteiger partial charge in [0, 0.05) is 5.56 Å². The number of benzene rings is 2. The molecule has 7 heteroatoms. The number of hydrogen-bond acceptors (Lipinski definition) is 4. The minimum Gasteiger partial charge on any atom is -0.206 e. The maximum absolute atomic E-state index is 12.1. The largest absolute Gasteiger partial charge is 0.255 e. The standard InChI is InChI=1S/C13H11NO4S2/c1-9-5-2-3-6-10(9)11-7-4-8-12-13(11)20(17,18)14-19(12,15)16/h2-8,14H,1H3. The summed E-state index contributed by atoms with van der Waals surface area (Å²) in [5.74, 6) is 0. The first-order valence-corrected chi connectivity index (χ1v) is 8.77. The highest BCUT2D eigenvalue weighted by molar-refractivity contribution is 8.07. The van der Waals surface area contributed by atoms with Crippen LogP contribution in [0.5, 0.6) is 0 Å². The lowest BCUT2D eigenvalue weighted by atomic mass is 10.0. The Morgan fingerprint density at radius 3 is 2.15 bits per heavy atom. The Balaban J connectivity index is 2.44. The highest BCUT2D eigenvalue weighted by Gasteiger charge is 2.40. The Morgan fingerprint density at radius 1 is 0.800 bits per heavy atom. The molecule has 0 spiro atoms. The molecule has 0 saturated carbocycles. The van der Waals surface area contributed by atoms with Crippen molar-refractivity contribution in [2.24, 2.45) is 0 Å². The van der Waals surface area contributed by atoms with Gasteiger partial charge in [0.05, 0.1) is 0 Å². The Bertz CT molecular complexity index is 915. The second kappa shape index (κ2) is 4.15. The van der Waals surface area contributed by atoms with E-state index in [1.54, 1.807) is 28.4 Å². The van der Waals surface area contributed by atoms with Gasteiger partial charge in [-0.25, -0.2) is 16.8 Å². The third-order valence-electron chi connectivity index (χ3n) is 3.19. The first-order valence-electron chi connectivity index (χ1n) is 5.80. The topological polar surface area (TPSA) is 80.3 Å². The van der Waals surface area contributed by atoms with E-state index < -0.39 is 20.0 Å². The quantitative estimate of drug-likeness (QED) is 0.868. The molecular weight excluding hydrogens is 298 g/mol. The van der Waals surface area contributed by atoms with Crippen LogP contribution in [0.25, 0.3) is 11.1 Å². The normalized spacial score (nSPS) is 18.6. The van der Waals surface area contributed by atoms with E-state index in [0.29, 0.717) is 11.1 Å². The number of fused-ring (bicyclic) bond motifs is 1. The summed E-state index contributed by atoms with van der Waals surface area (Å²) in [5, 5.41) is 0. The maximum atomic E-state index is 12.1. The molecule has 0 unspecified atom stereocenters. The van der Waals surface area contributed by atoms with E-state index in [4.69, 9.17) is 0 Å². The lowest BCUT2D eigenvalue weighted by Gasteiger charge is -2.09. The molecule has 0 bridgehead atoms. The van der Waals surface area contributed by atoms with Crippen molar-refractivity contribution < 1.29 is 16.8 Å². The van der Waals surface area contributed by atoms with Crippen molar-refractivity contribution in [3.8, 4) is 11.1 Å². The fraction of sp³-hybridized carbons (Fsp3) is 0.0769. The molecule has 104 valence electrons. The first-order chi connectivity index (χ1) is 9.33. The van der Waals surface area contributed by atoms with Gasteiger partial charge in [0.1, 0.15) is 9.79 Å². The minimum atomic E-state index is -4.05. The van der Waals surface area contributed by atoms with Crippen LogP contribution < -0.4 is 4.13 Å². The molecule has 0 radical (unpaired) electrons. The van der Waals surface area contributed by atoms with Gasteiger partial charge in [0.15, 0.2) is 0 Å². The van der Waals surface area contributed by atoms with E-state index in [0.717, 1.165) is 5.56 Å². The van der Waals surface area contributed by atoms with Crippen LogP contribution in [0.2, 0.25) is 0 Å². The zero-order chi connectivity index (χ0) is 14.5. The van der Waals surface area contributed by atoms with Crippen molar-refractivity contribution in [3.05, 3.63) is 48.0 Å². The third kappa shape index (κ3) is 1.86. The smallest absolute Gasteiger partial charge is 0.206 e. The van der Waals surface area contributed by atoms with Crippen LogP contribution in [0.15, 0.2) is 52.3 Å². The van der Waals surface area contributed by atoms with Crippen molar-refractivity contribution >= 4 is 20.0 Å². The second-order valence-electron chi connectivity index (χ2n) is 4.54. The third-order valence-corrected chi connectivity index (χ3v) is 6.97. The molecule has 2 aromatic carbocycles. The summed E-state index contributed by atoms with van der Waals surface area (Å²) >= 11 is 0. The van der Waals surface area contributed by atoms with Crippen LogP contribution >= 0.6 is 0 Å². The lowest BCUT2D eigenvalue weighted by molar-refractivity contribution is 0.586. The van der Waals surface area contributed by atoms with Gasteiger partial charge in [0.2, 0.25) is 0 Å². The molecule has 1 aliphatic heterocycles. The number of aryl methyl sites for hydroxylation is 1. The van der Waals surface area contributed by atoms with Crippen LogP contribution in [0.4, 0.5) is 0 Å². The highest BCUT2D eigenvalue weighted by Crippen LogP contribution is 2.37. The zero-order valence-electron chi connectivity index (χ0n) is 10.5. The number of hydrogen-bond donors (Lipinski definition) is 1. The van der Waals surface area contributed by atoms with Gasteiger partial charge in [-0.05, 0) is 24.1 Å². The van der Waals surface area contributed by atoms with Gasteiger partial charge in [-0.1, -0.05) is 36.4 Å². The van der Waals surface area contributed by atoms with Gasteiger partial charge < -0.3 is 0 Å². The molecule has 1 N–H and O–H groups in total. The number of rotatable bonds is 1. The molecule has 1 heterocycles. The molecule has 0 atom stereocenters. The van der Waals surface area contributed by atoms with Gasteiger partial charge in [-0.2, -0.15) is 0 Å². The molecule has 0 aliphatic carbocycles. The van der Waals surface area contributed by atoms with E-state index >= 15 is 0 Å². The molecule has 0 saturated heterocycles. The maximum Gasteiger partial charge on any atom is 0.255 e. The average molecular weight is 309 g/mol. The fourth-order valence-electron chi connectivity index (χ4n) is 2.32. The predicted molar refractivity (Wildman–Crippen MR) is 74.1 cm³/mol. The summed E-state index contributed by atoms with van der Waals surface area (Å²) in [6, 6.07) is 11.7. The monoisotopic (exact) mass is 309 g/mol. The first kappa shape index (κ1) is 13.3. The summed E-state index contributed by atoms with van der Waals surface area (Å²) in [6.07, 6.45) is 0. The molecule has 2 aromatic rings. The SMILES string of the molecule is Cc1ccccc1-c1cccc2c1S(=O)(=O)NS2(=O)=O. The molecule has 1 aliphatic rings. The molecule has 5 nitrogen and oxygen atoms in total. The minimum absolute atomic E-state index is 0.172. The van der Waals surface area contributed by atoms with Crippen molar-refractivity contribution in [2.45, 2.75) is 16.7 Å². The van der Waals surface area contributed by atoms with Crippen molar-refractivity contribution in [2.75, 3.05) is 0 Å². The van der Waals surface area contributed by atoms with E-state index in [1.807, 2.05) is 19.1 Å². The van der Waals surface area contributed by atoms with Gasteiger partial charge >= 0.3 is 0 Å². The van der Waals surface area contributed by atoms with Crippen LogP contribution in [0.3, 0.4) is 0 Å². The Morgan fingerprint density at radius 2 is 1.45 bits per heavy atom. The van der Waals surface area contributed by atoms with E-state index in [-0.39, 0.29) is 9.79 Å². The molecular formula is C13H11NO4S2. The van der Waals surface area contributed by atoms with Crippen molar-refractivity contribution in [1.29, 1.82) is 0 Å². The number of sulfonamides is 2. The van der Waals surface area contributed by atoms with Gasteiger partial charge in [0.25, 0.3) is 20.0 Å². The highest BCUT2D eigenvalue weighted by atomic mass is 32.3. The van der Waals surface area contributed by atoms with E-state index in [1.165, 1.54) is 6.07 Å². The molecule has 0 fully saturated rings. The summed E-state index contributed by atoms with van der Waals surface area (Å²) in [5.41, 5.74) is 1.97. The summed E-state index contributed by atoms with van der Waals surface area (Å²) in [6.45, 7) is 1.85. The van der Waals surface area contributed by atoms with Crippen molar-refractivity contribution in [3.63, 3.8) is 0 Å². The molecule has 0 amide bonds. The average Bonchev–Trinajstić information content (AvgIpc) is 2.56. The Kier molecular flexibility index (Phi) is 2.75. The van der Waals surface area contributed by atoms with Gasteiger partial charge in [-0.3, -0.25) is 0 Å². The fourth-order valence-corrected chi connectivity index (χ4v) is 6.24. The second-order valence-corrected chi connectivity index (χ2v) is 8.07. The van der Waals surface area contributed by atoms with Crippen LogP contribution in [-0.4, -0.2) is 16.8 Å². The van der Waals surface area contributed by atoms with Gasteiger partial charge in [-0.15, -0.1) is 4.13 Å². The van der Waals surface area contributed by atoms with E-state index in [2.05, 4.69) is 0 Å². The summed E-state index contributed by atoms with van der Waals surface area (Å²) in [4.78, 5) is -0.368. The number of nitrogens with one attached hydrogen (secondary N) is 1. The van der Waals surface area contributed by atoms with E-state index in [9.17, 15) is 16.8 Å². The van der Waals surface area contributed by atoms with Crippen LogP contribution in [0.1, 0.15) is 5.56 Å². The van der Waals surface area contributed by atoms with Crippen molar-refractivity contribution in [1.82, 2.24) is 4.13 Å². The van der Waals surface area contributed by atoms with Crippen LogP contribution in [-0.2, 0) is 20.0 Å². The lowest BCUT2D eigenvalue weighted by Crippen LogP contribution is -2.21. The molecule has 0 aromatic heterocycles. The molecule has 3 rings (SSSR count). The Labute approximate surface area is 117 Å². The molecule has 20 heavy (non-hydrogen) atoms. The van der Waals surface area contributed by atoms with Crippen LogP contribution in [0, 0.1) is 6.92 Å².